The van der Waals surface area contributed by atoms with E-state index in [-0.39, 0.29) is 18.5 Å². The highest BCUT2D eigenvalue weighted by Gasteiger charge is 2.37. The molecule has 3 amide bonds. The minimum atomic E-state index is -0.421. The van der Waals surface area contributed by atoms with Crippen molar-refractivity contribution in [1.29, 1.82) is 0 Å². The average Bonchev–Trinajstić information content (AvgIpc) is 3.34. The van der Waals surface area contributed by atoms with Gasteiger partial charge in [-0.3, -0.25) is 19.3 Å². The van der Waals surface area contributed by atoms with Crippen molar-refractivity contribution < 1.29 is 19.1 Å². The van der Waals surface area contributed by atoms with Crippen LogP contribution < -0.4 is 10.1 Å². The normalized spacial score (nSPS) is 17.6. The van der Waals surface area contributed by atoms with Gasteiger partial charge < -0.3 is 15.0 Å². The minimum absolute atomic E-state index is 0.0745. The third kappa shape index (κ3) is 2.77. The van der Waals surface area contributed by atoms with Gasteiger partial charge in [-0.05, 0) is 42.3 Å². The van der Waals surface area contributed by atoms with Crippen molar-refractivity contribution in [2.45, 2.75) is 18.9 Å². The lowest BCUT2D eigenvalue weighted by atomic mass is 10.1. The maximum Gasteiger partial charge on any atom is 0.262 e. The number of aromatic nitrogens is 1. The van der Waals surface area contributed by atoms with Crippen LogP contribution in [0.5, 0.6) is 5.75 Å². The minimum Gasteiger partial charge on any atom is -0.497 e. The first-order valence-electron chi connectivity index (χ1n) is 9.47. The van der Waals surface area contributed by atoms with E-state index in [1.807, 2.05) is 18.2 Å². The Balaban J connectivity index is 1.27. The van der Waals surface area contributed by atoms with Gasteiger partial charge in [0.2, 0.25) is 5.91 Å². The van der Waals surface area contributed by atoms with Crippen LogP contribution in [-0.2, 0) is 17.6 Å². The first kappa shape index (κ1) is 17.5. The zero-order valence-electron chi connectivity index (χ0n) is 15.8. The molecule has 146 valence electrons. The van der Waals surface area contributed by atoms with E-state index >= 15 is 0 Å². The number of methoxy groups -OCH3 is 1. The summed E-state index contributed by atoms with van der Waals surface area (Å²) < 4.78 is 5.31. The van der Waals surface area contributed by atoms with Gasteiger partial charge in [-0.2, -0.15) is 0 Å². The van der Waals surface area contributed by atoms with Crippen molar-refractivity contribution in [2.24, 2.45) is 0 Å². The number of carbonyl (C=O) groups excluding carboxylic acids is 3. The fraction of sp³-hybridized carbons (Fsp3) is 0.227. The largest absolute Gasteiger partial charge is 0.497 e. The summed E-state index contributed by atoms with van der Waals surface area (Å²) in [6.45, 7) is -0.272. The molecule has 2 heterocycles. The molecule has 0 spiro atoms. The van der Waals surface area contributed by atoms with Crippen LogP contribution in [0.3, 0.4) is 0 Å². The molecule has 1 atom stereocenters. The average molecular weight is 389 g/mol. The van der Waals surface area contributed by atoms with Crippen LogP contribution in [0, 0.1) is 0 Å². The molecule has 1 unspecified atom stereocenters. The number of benzene rings is 2. The number of H-pyrrole nitrogens is 1. The third-order valence-corrected chi connectivity index (χ3v) is 5.65. The molecule has 0 radical (unpaired) electrons. The van der Waals surface area contributed by atoms with E-state index in [0.29, 0.717) is 24.0 Å². The van der Waals surface area contributed by atoms with E-state index in [0.717, 1.165) is 27.2 Å². The van der Waals surface area contributed by atoms with Gasteiger partial charge in [0.1, 0.15) is 12.3 Å². The number of carbonyl (C=O) groups is 3. The molecule has 2 N–H and O–H groups in total. The molecule has 1 aromatic heterocycles. The summed E-state index contributed by atoms with van der Waals surface area (Å²) in [5.41, 5.74) is 4.01. The zero-order valence-corrected chi connectivity index (χ0v) is 15.8. The SMILES string of the molecule is COc1ccc2[nH]c3c(c2c1)CC(NC(=O)CN1C(=O)c2ccccc2C1=O)C3. The van der Waals surface area contributed by atoms with Crippen LogP contribution in [-0.4, -0.2) is 47.3 Å². The summed E-state index contributed by atoms with van der Waals surface area (Å²) in [7, 11) is 1.64. The second kappa shape index (κ2) is 6.48. The molecule has 0 saturated heterocycles. The van der Waals surface area contributed by atoms with Crippen molar-refractivity contribution in [3.05, 3.63) is 64.8 Å². The number of imide groups is 1. The lowest BCUT2D eigenvalue weighted by molar-refractivity contribution is -0.122. The molecule has 2 aliphatic rings. The number of rotatable bonds is 4. The fourth-order valence-corrected chi connectivity index (χ4v) is 4.28. The van der Waals surface area contributed by atoms with E-state index in [2.05, 4.69) is 10.3 Å². The summed E-state index contributed by atoms with van der Waals surface area (Å²) >= 11 is 0. The fourth-order valence-electron chi connectivity index (χ4n) is 4.28. The van der Waals surface area contributed by atoms with Gasteiger partial charge in [0.05, 0.1) is 18.2 Å². The molecule has 0 saturated carbocycles. The highest BCUT2D eigenvalue weighted by atomic mass is 16.5. The Bertz CT molecular complexity index is 1150. The Morgan fingerprint density at radius 2 is 1.86 bits per heavy atom. The van der Waals surface area contributed by atoms with Gasteiger partial charge in [0.15, 0.2) is 0 Å². The van der Waals surface area contributed by atoms with Crippen LogP contribution in [0.2, 0.25) is 0 Å². The molecule has 2 aromatic carbocycles. The maximum absolute atomic E-state index is 12.5. The predicted octanol–water partition coefficient (Wildman–Crippen LogP) is 2.06. The lowest BCUT2D eigenvalue weighted by Gasteiger charge is -2.17. The van der Waals surface area contributed by atoms with E-state index < -0.39 is 11.8 Å². The molecular formula is C22H19N3O4. The maximum atomic E-state index is 12.5. The predicted molar refractivity (Wildman–Crippen MR) is 106 cm³/mol. The quantitative estimate of drug-likeness (QED) is 0.668. The van der Waals surface area contributed by atoms with Gasteiger partial charge >= 0.3 is 0 Å². The van der Waals surface area contributed by atoms with Crippen molar-refractivity contribution in [3.8, 4) is 5.75 Å². The number of amides is 3. The van der Waals surface area contributed by atoms with Crippen molar-refractivity contribution in [1.82, 2.24) is 15.2 Å². The van der Waals surface area contributed by atoms with Crippen molar-refractivity contribution in [3.63, 3.8) is 0 Å². The Morgan fingerprint density at radius 3 is 2.55 bits per heavy atom. The molecule has 1 aliphatic carbocycles. The van der Waals surface area contributed by atoms with Crippen LogP contribution in [0.4, 0.5) is 0 Å². The van der Waals surface area contributed by atoms with Crippen LogP contribution in [0.15, 0.2) is 42.5 Å². The van der Waals surface area contributed by atoms with Crippen LogP contribution in [0.1, 0.15) is 32.0 Å². The molecule has 7 heteroatoms. The van der Waals surface area contributed by atoms with Gasteiger partial charge in [-0.15, -0.1) is 0 Å². The second-order valence-electron chi connectivity index (χ2n) is 7.41. The van der Waals surface area contributed by atoms with Gasteiger partial charge in [-0.1, -0.05) is 12.1 Å². The van der Waals surface area contributed by atoms with Gasteiger partial charge in [-0.25, -0.2) is 0 Å². The summed E-state index contributed by atoms with van der Waals surface area (Å²) in [6, 6.07) is 12.4. The Hall–Kier alpha value is -3.61. The highest BCUT2D eigenvalue weighted by Crippen LogP contribution is 2.32. The first-order chi connectivity index (χ1) is 14.0. The molecule has 7 nitrogen and oxygen atoms in total. The van der Waals surface area contributed by atoms with Gasteiger partial charge in [0, 0.05) is 29.1 Å². The third-order valence-electron chi connectivity index (χ3n) is 5.65. The highest BCUT2D eigenvalue weighted by molar-refractivity contribution is 6.22. The molecule has 3 aromatic rings. The van der Waals surface area contributed by atoms with E-state index in [1.54, 1.807) is 31.4 Å². The molecule has 0 bridgehead atoms. The monoisotopic (exact) mass is 389 g/mol. The van der Waals surface area contributed by atoms with E-state index in [1.165, 1.54) is 5.56 Å². The lowest BCUT2D eigenvalue weighted by Crippen LogP contribution is -2.44. The second-order valence-corrected chi connectivity index (χ2v) is 7.41. The van der Waals surface area contributed by atoms with Crippen molar-refractivity contribution >= 4 is 28.6 Å². The number of nitrogens with one attached hydrogen (secondary N) is 2. The molecule has 5 rings (SSSR count). The Kier molecular flexibility index (Phi) is 3.91. The topological polar surface area (TPSA) is 91.5 Å². The Morgan fingerprint density at radius 1 is 1.14 bits per heavy atom. The zero-order chi connectivity index (χ0) is 20.1. The van der Waals surface area contributed by atoms with Crippen LogP contribution in [0.25, 0.3) is 10.9 Å². The summed E-state index contributed by atoms with van der Waals surface area (Å²) in [5, 5.41) is 4.06. The van der Waals surface area contributed by atoms with Crippen molar-refractivity contribution in [2.75, 3.05) is 13.7 Å². The number of fused-ring (bicyclic) bond motifs is 4. The summed E-state index contributed by atoms with van der Waals surface area (Å²) in [4.78, 5) is 41.8. The number of ether oxygens (including phenoxy) is 1. The summed E-state index contributed by atoms with van der Waals surface area (Å²) in [6.07, 6.45) is 1.37. The van der Waals surface area contributed by atoms with Crippen LogP contribution >= 0.6 is 0 Å². The Labute approximate surface area is 166 Å². The van der Waals surface area contributed by atoms with E-state index in [4.69, 9.17) is 4.74 Å². The number of nitrogens with zero attached hydrogens (tertiary/aromatic N) is 1. The molecule has 29 heavy (non-hydrogen) atoms. The molecule has 0 fully saturated rings. The van der Waals surface area contributed by atoms with Gasteiger partial charge in [0.25, 0.3) is 11.8 Å². The number of hydrogen-bond acceptors (Lipinski definition) is 4. The first-order valence-corrected chi connectivity index (χ1v) is 9.47. The summed E-state index contributed by atoms with van der Waals surface area (Å²) in [5.74, 6) is -0.389. The molecular weight excluding hydrogens is 370 g/mol. The number of hydrogen-bond donors (Lipinski definition) is 2. The standard InChI is InChI=1S/C22H19N3O4/c1-29-13-6-7-18-17(10-13)16-8-12(9-19(16)24-18)23-20(26)11-25-21(27)14-4-2-3-5-15(14)22(25)28/h2-7,10,12,24H,8-9,11H2,1H3,(H,23,26). The number of aromatic amines is 1. The van der Waals surface area contributed by atoms with E-state index in [9.17, 15) is 14.4 Å². The smallest absolute Gasteiger partial charge is 0.262 e. The molecule has 1 aliphatic heterocycles.